The average molecular weight is 406 g/mol. The highest BCUT2D eigenvalue weighted by atomic mass is 16.6. The van der Waals surface area contributed by atoms with Crippen molar-refractivity contribution in [3.05, 3.63) is 76.6 Å². The molecule has 1 aliphatic rings. The first-order valence-corrected chi connectivity index (χ1v) is 9.95. The number of para-hydroxylation sites is 2. The van der Waals surface area contributed by atoms with Crippen LogP contribution in [-0.2, 0) is 4.74 Å². The number of fused-ring (bicyclic) bond motifs is 1. The van der Waals surface area contributed by atoms with Crippen molar-refractivity contribution in [2.24, 2.45) is 0 Å². The molecule has 30 heavy (non-hydrogen) atoms. The summed E-state index contributed by atoms with van der Waals surface area (Å²) >= 11 is 0. The highest BCUT2D eigenvalue weighted by molar-refractivity contribution is 5.96. The van der Waals surface area contributed by atoms with Gasteiger partial charge in [-0.15, -0.1) is 0 Å². The zero-order chi connectivity index (χ0) is 20.9. The SMILES string of the molecule is O=C(Nc1ccccc1)OC1CCCC(NC(=O)c2cc3ccccc3oc2=O)C1. The molecule has 2 atom stereocenters. The summed E-state index contributed by atoms with van der Waals surface area (Å²) in [6, 6.07) is 17.5. The first kappa shape index (κ1) is 19.7. The van der Waals surface area contributed by atoms with Crippen molar-refractivity contribution >= 4 is 28.7 Å². The highest BCUT2D eigenvalue weighted by Crippen LogP contribution is 2.22. The summed E-state index contributed by atoms with van der Waals surface area (Å²) in [5.74, 6) is -0.478. The smallest absolute Gasteiger partial charge is 0.411 e. The van der Waals surface area contributed by atoms with E-state index in [9.17, 15) is 14.4 Å². The largest absolute Gasteiger partial charge is 0.446 e. The van der Waals surface area contributed by atoms with Crippen LogP contribution in [0.25, 0.3) is 11.0 Å². The van der Waals surface area contributed by atoms with Crippen molar-refractivity contribution in [1.29, 1.82) is 0 Å². The van der Waals surface area contributed by atoms with Crippen LogP contribution in [0.15, 0.2) is 69.9 Å². The molecule has 2 amide bonds. The van der Waals surface area contributed by atoms with Gasteiger partial charge in [-0.05, 0) is 43.5 Å². The lowest BCUT2D eigenvalue weighted by Crippen LogP contribution is -2.42. The predicted molar refractivity (Wildman–Crippen MR) is 113 cm³/mol. The number of anilines is 1. The van der Waals surface area contributed by atoms with Gasteiger partial charge in [-0.2, -0.15) is 0 Å². The second-order valence-corrected chi connectivity index (χ2v) is 7.34. The number of hydrogen-bond acceptors (Lipinski definition) is 5. The van der Waals surface area contributed by atoms with Crippen LogP contribution in [0, 0.1) is 0 Å². The lowest BCUT2D eigenvalue weighted by Gasteiger charge is -2.29. The van der Waals surface area contributed by atoms with E-state index in [0.29, 0.717) is 23.1 Å². The highest BCUT2D eigenvalue weighted by Gasteiger charge is 2.27. The molecule has 2 aromatic carbocycles. The average Bonchev–Trinajstić information content (AvgIpc) is 2.74. The van der Waals surface area contributed by atoms with Crippen molar-refractivity contribution in [3.63, 3.8) is 0 Å². The molecule has 3 aromatic rings. The lowest BCUT2D eigenvalue weighted by molar-refractivity contribution is 0.0711. The van der Waals surface area contributed by atoms with Crippen molar-refractivity contribution in [3.8, 4) is 0 Å². The molecule has 154 valence electrons. The van der Waals surface area contributed by atoms with E-state index in [-0.39, 0.29) is 17.7 Å². The fraction of sp³-hybridized carbons (Fsp3) is 0.261. The van der Waals surface area contributed by atoms with E-state index in [1.807, 2.05) is 24.3 Å². The van der Waals surface area contributed by atoms with Gasteiger partial charge in [0.1, 0.15) is 17.3 Å². The van der Waals surface area contributed by atoms with Gasteiger partial charge in [-0.3, -0.25) is 10.1 Å². The molecule has 1 heterocycles. The van der Waals surface area contributed by atoms with Crippen molar-refractivity contribution in [2.75, 3.05) is 5.32 Å². The van der Waals surface area contributed by atoms with Gasteiger partial charge < -0.3 is 14.5 Å². The standard InChI is InChI=1S/C23H22N2O5/c26-21(19-13-15-7-4-5-12-20(15)30-22(19)27)24-17-10-6-11-18(14-17)29-23(28)25-16-8-2-1-3-9-16/h1-5,7-9,12-13,17-18H,6,10-11,14H2,(H,24,26)(H,25,28). The van der Waals surface area contributed by atoms with Crippen molar-refractivity contribution in [2.45, 2.75) is 37.8 Å². The van der Waals surface area contributed by atoms with Gasteiger partial charge in [0.25, 0.3) is 5.91 Å². The Labute approximate surface area is 173 Å². The molecule has 0 spiro atoms. The first-order valence-electron chi connectivity index (χ1n) is 9.95. The van der Waals surface area contributed by atoms with Crippen LogP contribution in [0.1, 0.15) is 36.0 Å². The maximum Gasteiger partial charge on any atom is 0.411 e. The first-order chi connectivity index (χ1) is 14.6. The Kier molecular flexibility index (Phi) is 5.79. The second-order valence-electron chi connectivity index (χ2n) is 7.34. The summed E-state index contributed by atoms with van der Waals surface area (Å²) in [6.45, 7) is 0. The number of carbonyl (C=O) groups is 2. The number of nitrogens with one attached hydrogen (secondary N) is 2. The Balaban J connectivity index is 1.37. The van der Waals surface area contributed by atoms with Crippen LogP contribution < -0.4 is 16.3 Å². The minimum atomic E-state index is -0.669. The zero-order valence-electron chi connectivity index (χ0n) is 16.3. The summed E-state index contributed by atoms with van der Waals surface area (Å²) in [7, 11) is 0. The van der Waals surface area contributed by atoms with Crippen LogP contribution in [-0.4, -0.2) is 24.1 Å². The van der Waals surface area contributed by atoms with Crippen LogP contribution >= 0.6 is 0 Å². The molecular weight excluding hydrogens is 384 g/mol. The third kappa shape index (κ3) is 4.68. The minimum absolute atomic E-state index is 0.0291. The molecule has 0 radical (unpaired) electrons. The van der Waals surface area contributed by atoms with E-state index in [4.69, 9.17) is 9.15 Å². The number of hydrogen-bond donors (Lipinski definition) is 2. The fourth-order valence-corrected chi connectivity index (χ4v) is 3.69. The summed E-state index contributed by atoms with van der Waals surface area (Å²) < 4.78 is 10.8. The molecule has 0 saturated heterocycles. The van der Waals surface area contributed by atoms with Gasteiger partial charge in [0, 0.05) is 23.5 Å². The molecule has 7 nitrogen and oxygen atoms in total. The van der Waals surface area contributed by atoms with Crippen molar-refractivity contribution < 1.29 is 18.7 Å². The van der Waals surface area contributed by atoms with Crippen LogP contribution in [0.2, 0.25) is 0 Å². The topological polar surface area (TPSA) is 97.6 Å². The van der Waals surface area contributed by atoms with Gasteiger partial charge in [0.2, 0.25) is 0 Å². The Morgan fingerprint density at radius 3 is 2.60 bits per heavy atom. The Hall–Kier alpha value is -3.61. The second kappa shape index (κ2) is 8.82. The summed E-state index contributed by atoms with van der Waals surface area (Å²) in [6.07, 6.45) is 1.96. The maximum absolute atomic E-state index is 12.7. The van der Waals surface area contributed by atoms with Crippen LogP contribution in [0.5, 0.6) is 0 Å². The molecule has 1 fully saturated rings. The van der Waals surface area contributed by atoms with E-state index >= 15 is 0 Å². The number of amides is 2. The van der Waals surface area contributed by atoms with Gasteiger partial charge >= 0.3 is 11.7 Å². The monoisotopic (exact) mass is 406 g/mol. The summed E-state index contributed by atoms with van der Waals surface area (Å²) in [4.78, 5) is 37.0. The Morgan fingerprint density at radius 2 is 1.77 bits per heavy atom. The van der Waals surface area contributed by atoms with E-state index in [0.717, 1.165) is 19.3 Å². The minimum Gasteiger partial charge on any atom is -0.446 e. The van der Waals surface area contributed by atoms with Gasteiger partial charge in [-0.1, -0.05) is 36.4 Å². The molecule has 4 rings (SSSR count). The molecular formula is C23H22N2O5. The number of carbonyl (C=O) groups excluding carboxylic acids is 2. The van der Waals surface area contributed by atoms with Crippen LogP contribution in [0.3, 0.4) is 0 Å². The predicted octanol–water partition coefficient (Wildman–Crippen LogP) is 4.08. The molecule has 1 saturated carbocycles. The van der Waals surface area contributed by atoms with E-state index < -0.39 is 17.6 Å². The lowest BCUT2D eigenvalue weighted by atomic mass is 9.92. The quantitative estimate of drug-likeness (QED) is 0.636. The molecule has 1 aromatic heterocycles. The molecule has 1 aliphatic carbocycles. The molecule has 0 aliphatic heterocycles. The summed E-state index contributed by atoms with van der Waals surface area (Å²) in [5, 5.41) is 6.26. The molecule has 7 heteroatoms. The zero-order valence-corrected chi connectivity index (χ0v) is 16.3. The molecule has 2 unspecified atom stereocenters. The van der Waals surface area contributed by atoms with E-state index in [1.54, 1.807) is 36.4 Å². The van der Waals surface area contributed by atoms with Crippen LogP contribution in [0.4, 0.5) is 10.5 Å². The normalized spacial score (nSPS) is 18.5. The molecule has 2 N–H and O–H groups in total. The Bertz CT molecular complexity index is 1110. The maximum atomic E-state index is 12.7. The molecule has 0 bridgehead atoms. The van der Waals surface area contributed by atoms with Gasteiger partial charge in [0.05, 0.1) is 0 Å². The van der Waals surface area contributed by atoms with E-state index in [1.165, 1.54) is 0 Å². The van der Waals surface area contributed by atoms with Gasteiger partial charge in [0.15, 0.2) is 0 Å². The van der Waals surface area contributed by atoms with Crippen molar-refractivity contribution in [1.82, 2.24) is 5.32 Å². The Morgan fingerprint density at radius 1 is 1.00 bits per heavy atom. The number of rotatable bonds is 4. The third-order valence-electron chi connectivity index (χ3n) is 5.14. The number of benzene rings is 2. The number of ether oxygens (including phenoxy) is 1. The third-order valence-corrected chi connectivity index (χ3v) is 5.14. The fourth-order valence-electron chi connectivity index (χ4n) is 3.69. The van der Waals surface area contributed by atoms with Gasteiger partial charge in [-0.25, -0.2) is 9.59 Å². The summed E-state index contributed by atoms with van der Waals surface area (Å²) in [5.41, 5.74) is 0.399. The van der Waals surface area contributed by atoms with E-state index in [2.05, 4.69) is 10.6 Å².